The van der Waals surface area contributed by atoms with Gasteiger partial charge in [-0.25, -0.2) is 13.2 Å². The molecule has 0 bridgehead atoms. The Morgan fingerprint density at radius 1 is 1.05 bits per heavy atom. The third kappa shape index (κ3) is 3.55. The van der Waals surface area contributed by atoms with E-state index in [2.05, 4.69) is 0 Å². The van der Waals surface area contributed by atoms with Crippen molar-refractivity contribution in [3.63, 3.8) is 0 Å². The van der Waals surface area contributed by atoms with Gasteiger partial charge in [0.25, 0.3) is 0 Å². The van der Waals surface area contributed by atoms with Gasteiger partial charge in [0.2, 0.25) is 0 Å². The Balaban J connectivity index is 2.38. The molecule has 106 valence electrons. The van der Waals surface area contributed by atoms with E-state index in [-0.39, 0.29) is 16.8 Å². The van der Waals surface area contributed by atoms with Crippen molar-refractivity contribution in [2.75, 3.05) is 0 Å². The molecular weight excluding hydrogens is 283 g/mol. The van der Waals surface area contributed by atoms with Crippen LogP contribution in [0.4, 0.5) is 13.2 Å². The average molecular weight is 297 g/mol. The van der Waals surface area contributed by atoms with E-state index in [1.54, 1.807) is 19.1 Å². The molecule has 0 saturated carbocycles. The van der Waals surface area contributed by atoms with Crippen LogP contribution in [0.2, 0.25) is 0 Å². The van der Waals surface area contributed by atoms with Crippen LogP contribution in [0, 0.1) is 17.5 Å². The van der Waals surface area contributed by atoms with Crippen LogP contribution in [0.15, 0.2) is 46.2 Å². The van der Waals surface area contributed by atoms with Gasteiger partial charge in [0.1, 0.15) is 17.5 Å². The number of hydrogen-bond acceptors (Lipinski definition) is 2. The fraction of sp³-hybridized carbons (Fsp3) is 0.200. The molecular formula is C15H14F3NS. The summed E-state index contributed by atoms with van der Waals surface area (Å²) in [5, 5.41) is 0. The van der Waals surface area contributed by atoms with E-state index >= 15 is 0 Å². The number of halogens is 3. The topological polar surface area (TPSA) is 26.0 Å². The highest BCUT2D eigenvalue weighted by Gasteiger charge is 2.13. The van der Waals surface area contributed by atoms with Crippen molar-refractivity contribution in [3.05, 3.63) is 59.4 Å². The summed E-state index contributed by atoms with van der Waals surface area (Å²) in [6, 6.07) is 7.54. The van der Waals surface area contributed by atoms with Gasteiger partial charge in [0.15, 0.2) is 0 Å². The summed E-state index contributed by atoms with van der Waals surface area (Å²) in [6.45, 7) is 1.77. The van der Waals surface area contributed by atoms with Gasteiger partial charge in [-0.05, 0) is 43.7 Å². The quantitative estimate of drug-likeness (QED) is 0.917. The van der Waals surface area contributed by atoms with Crippen molar-refractivity contribution in [1.82, 2.24) is 0 Å². The van der Waals surface area contributed by atoms with Crippen LogP contribution in [0.5, 0.6) is 0 Å². The average Bonchev–Trinajstić information content (AvgIpc) is 2.37. The van der Waals surface area contributed by atoms with Gasteiger partial charge in [0, 0.05) is 16.5 Å². The first-order chi connectivity index (χ1) is 9.47. The zero-order valence-electron chi connectivity index (χ0n) is 10.9. The Kier molecular flexibility index (Phi) is 4.73. The van der Waals surface area contributed by atoms with E-state index in [0.717, 1.165) is 30.0 Å². The first-order valence-corrected chi connectivity index (χ1v) is 6.95. The lowest BCUT2D eigenvalue weighted by atomic mass is 10.1. The largest absolute Gasteiger partial charge is 0.328 e. The van der Waals surface area contributed by atoms with Crippen molar-refractivity contribution in [3.8, 4) is 0 Å². The number of hydrogen-bond donors (Lipinski definition) is 1. The second-order valence-electron chi connectivity index (χ2n) is 4.57. The molecule has 1 atom stereocenters. The standard InChI is InChI=1S/C15H14F3NS/c1-9(19)7-11-12(17)3-2-4-14(11)20-15-8-10(16)5-6-13(15)18/h2-6,8-9H,7,19H2,1H3. The van der Waals surface area contributed by atoms with Crippen LogP contribution in [-0.2, 0) is 6.42 Å². The van der Waals surface area contributed by atoms with Gasteiger partial charge in [-0.1, -0.05) is 17.8 Å². The summed E-state index contributed by atoms with van der Waals surface area (Å²) in [7, 11) is 0. The molecule has 0 aromatic heterocycles. The van der Waals surface area contributed by atoms with Crippen molar-refractivity contribution in [2.45, 2.75) is 29.2 Å². The van der Waals surface area contributed by atoms with Crippen molar-refractivity contribution in [1.29, 1.82) is 0 Å². The van der Waals surface area contributed by atoms with Gasteiger partial charge < -0.3 is 5.73 Å². The van der Waals surface area contributed by atoms with Crippen molar-refractivity contribution in [2.24, 2.45) is 5.73 Å². The highest BCUT2D eigenvalue weighted by Crippen LogP contribution is 2.34. The summed E-state index contributed by atoms with van der Waals surface area (Å²) in [5.41, 5.74) is 6.13. The van der Waals surface area contributed by atoms with Crippen LogP contribution in [0.25, 0.3) is 0 Å². The minimum absolute atomic E-state index is 0.126. The first-order valence-electron chi connectivity index (χ1n) is 6.13. The van der Waals surface area contributed by atoms with E-state index in [9.17, 15) is 13.2 Å². The summed E-state index contributed by atoms with van der Waals surface area (Å²) in [5.74, 6) is -1.45. The molecule has 0 spiro atoms. The maximum absolute atomic E-state index is 13.9. The maximum Gasteiger partial charge on any atom is 0.137 e. The Hall–Kier alpha value is -1.46. The molecule has 20 heavy (non-hydrogen) atoms. The minimum Gasteiger partial charge on any atom is -0.328 e. The molecule has 0 radical (unpaired) electrons. The Morgan fingerprint density at radius 3 is 2.50 bits per heavy atom. The molecule has 0 amide bonds. The zero-order valence-corrected chi connectivity index (χ0v) is 11.7. The molecule has 0 aliphatic rings. The molecule has 1 nitrogen and oxygen atoms in total. The van der Waals surface area contributed by atoms with Crippen molar-refractivity contribution < 1.29 is 13.2 Å². The van der Waals surface area contributed by atoms with Crippen LogP contribution in [0.1, 0.15) is 12.5 Å². The van der Waals surface area contributed by atoms with Crippen LogP contribution in [-0.4, -0.2) is 6.04 Å². The second kappa shape index (κ2) is 6.33. The molecule has 2 N–H and O–H groups in total. The lowest BCUT2D eigenvalue weighted by molar-refractivity contribution is 0.576. The Labute approximate surface area is 120 Å². The third-order valence-corrected chi connectivity index (χ3v) is 3.85. The summed E-state index contributed by atoms with van der Waals surface area (Å²) >= 11 is 1.00. The van der Waals surface area contributed by atoms with Crippen molar-refractivity contribution >= 4 is 11.8 Å². The first kappa shape index (κ1) is 14.9. The van der Waals surface area contributed by atoms with Gasteiger partial charge in [-0.3, -0.25) is 0 Å². The highest BCUT2D eigenvalue weighted by molar-refractivity contribution is 7.99. The number of nitrogens with two attached hydrogens (primary N) is 1. The summed E-state index contributed by atoms with van der Waals surface area (Å²) in [4.78, 5) is 0.674. The van der Waals surface area contributed by atoms with E-state index in [1.807, 2.05) is 0 Å². The molecule has 1 unspecified atom stereocenters. The molecule has 0 aliphatic heterocycles. The lowest BCUT2D eigenvalue weighted by Gasteiger charge is -2.12. The SMILES string of the molecule is CC(N)Cc1c(F)cccc1Sc1cc(F)ccc1F. The third-order valence-electron chi connectivity index (χ3n) is 2.72. The predicted molar refractivity (Wildman–Crippen MR) is 74.2 cm³/mol. The highest BCUT2D eigenvalue weighted by atomic mass is 32.2. The monoisotopic (exact) mass is 297 g/mol. The molecule has 5 heteroatoms. The molecule has 0 saturated heterocycles. The van der Waals surface area contributed by atoms with Crippen LogP contribution < -0.4 is 5.73 Å². The minimum atomic E-state index is -0.535. The van der Waals surface area contributed by atoms with Crippen LogP contribution in [0.3, 0.4) is 0 Å². The molecule has 0 aliphatic carbocycles. The molecule has 2 rings (SSSR count). The van der Waals surface area contributed by atoms with E-state index in [1.165, 1.54) is 6.07 Å². The Morgan fingerprint density at radius 2 is 1.80 bits per heavy atom. The van der Waals surface area contributed by atoms with E-state index in [4.69, 9.17) is 5.73 Å². The summed E-state index contributed by atoms with van der Waals surface area (Å²) < 4.78 is 40.7. The lowest BCUT2D eigenvalue weighted by Crippen LogP contribution is -2.19. The van der Waals surface area contributed by atoms with Gasteiger partial charge in [0.05, 0.1) is 4.90 Å². The normalized spacial score (nSPS) is 12.4. The van der Waals surface area contributed by atoms with E-state index in [0.29, 0.717) is 16.9 Å². The smallest absolute Gasteiger partial charge is 0.137 e. The molecule has 2 aromatic rings. The van der Waals surface area contributed by atoms with Gasteiger partial charge >= 0.3 is 0 Å². The fourth-order valence-electron chi connectivity index (χ4n) is 1.83. The predicted octanol–water partition coefficient (Wildman–Crippen LogP) is 4.14. The fourth-order valence-corrected chi connectivity index (χ4v) is 2.85. The molecule has 0 fully saturated rings. The molecule has 0 heterocycles. The number of benzene rings is 2. The molecule has 2 aromatic carbocycles. The zero-order chi connectivity index (χ0) is 14.7. The maximum atomic E-state index is 13.9. The number of rotatable bonds is 4. The summed E-state index contributed by atoms with van der Waals surface area (Å²) in [6.07, 6.45) is 0.339. The Bertz CT molecular complexity index is 614. The second-order valence-corrected chi connectivity index (χ2v) is 5.66. The van der Waals surface area contributed by atoms with Crippen LogP contribution >= 0.6 is 11.8 Å². The van der Waals surface area contributed by atoms with Gasteiger partial charge in [-0.15, -0.1) is 0 Å². The van der Waals surface area contributed by atoms with E-state index < -0.39 is 11.6 Å². The van der Waals surface area contributed by atoms with Gasteiger partial charge in [-0.2, -0.15) is 0 Å².